The molecule has 0 amide bonds. The Labute approximate surface area is 92.7 Å². The van der Waals surface area contributed by atoms with E-state index in [1.165, 1.54) is 25.3 Å². The monoisotopic (exact) mass is 216 g/mol. The zero-order valence-corrected chi connectivity index (χ0v) is 9.89. The predicted octanol–water partition coefficient (Wildman–Crippen LogP) is 3.66. The highest BCUT2D eigenvalue weighted by atomic mass is 16.4. The average molecular weight is 216 g/mol. The van der Waals surface area contributed by atoms with Crippen LogP contribution in [0.1, 0.15) is 58.8 Å². The second kappa shape index (κ2) is 18.7. The minimum Gasteiger partial charge on any atom is -0.411 e. The summed E-state index contributed by atoms with van der Waals surface area (Å²) in [4.78, 5) is 0. The lowest BCUT2D eigenvalue weighted by molar-refractivity contribution is 0.320. The van der Waals surface area contributed by atoms with Crippen LogP contribution in [0.2, 0.25) is 0 Å². The van der Waals surface area contributed by atoms with Crippen molar-refractivity contribution >= 4 is 12.4 Å². The van der Waals surface area contributed by atoms with Crippen molar-refractivity contribution in [3.63, 3.8) is 0 Å². The van der Waals surface area contributed by atoms with Crippen LogP contribution < -0.4 is 0 Å². The van der Waals surface area contributed by atoms with Crippen molar-refractivity contribution < 1.29 is 10.4 Å². The zero-order valence-electron chi connectivity index (χ0n) is 9.89. The Balaban J connectivity index is 0. The van der Waals surface area contributed by atoms with E-state index in [1.807, 2.05) is 0 Å². The first-order valence-corrected chi connectivity index (χ1v) is 5.65. The first-order chi connectivity index (χ1) is 7.33. The number of oxime groups is 2. The third-order valence-corrected chi connectivity index (χ3v) is 1.79. The van der Waals surface area contributed by atoms with Gasteiger partial charge in [0.2, 0.25) is 0 Å². The third kappa shape index (κ3) is 24.6. The standard InChI is InChI=1S/C6H13NO.C5H11NO/c1-2-3-4-5-6-7-8;1-2-3-4-5-6-7/h6,8H,2-5H2,1H3;5,7H,2-4H2,1H3/b7-6-;6-5-. The van der Waals surface area contributed by atoms with Gasteiger partial charge in [-0.15, -0.1) is 10.3 Å². The maximum absolute atomic E-state index is 7.94. The van der Waals surface area contributed by atoms with E-state index in [-0.39, 0.29) is 0 Å². The van der Waals surface area contributed by atoms with Gasteiger partial charge in [0.05, 0.1) is 0 Å². The zero-order chi connectivity index (χ0) is 11.8. The van der Waals surface area contributed by atoms with Crippen LogP contribution in [0, 0.1) is 0 Å². The fourth-order valence-electron chi connectivity index (χ4n) is 0.897. The highest BCUT2D eigenvalue weighted by molar-refractivity contribution is 5.56. The largest absolute Gasteiger partial charge is 0.411 e. The molecule has 0 fully saturated rings. The Kier molecular flexibility index (Phi) is 20.4. The van der Waals surface area contributed by atoms with Gasteiger partial charge in [0, 0.05) is 12.4 Å². The van der Waals surface area contributed by atoms with Crippen LogP contribution in [0.15, 0.2) is 10.3 Å². The topological polar surface area (TPSA) is 65.2 Å². The maximum Gasteiger partial charge on any atom is 0.0435 e. The molecule has 0 heterocycles. The van der Waals surface area contributed by atoms with Crippen molar-refractivity contribution in [1.29, 1.82) is 0 Å². The molecule has 0 aromatic heterocycles. The van der Waals surface area contributed by atoms with E-state index in [9.17, 15) is 0 Å². The van der Waals surface area contributed by atoms with Crippen LogP contribution in [0.25, 0.3) is 0 Å². The first-order valence-electron chi connectivity index (χ1n) is 5.65. The van der Waals surface area contributed by atoms with E-state index in [0.29, 0.717) is 0 Å². The lowest BCUT2D eigenvalue weighted by Gasteiger charge is -1.87. The van der Waals surface area contributed by atoms with Crippen LogP contribution in [0.3, 0.4) is 0 Å². The van der Waals surface area contributed by atoms with Crippen LogP contribution in [-0.4, -0.2) is 22.8 Å². The van der Waals surface area contributed by atoms with E-state index >= 15 is 0 Å². The molecule has 4 heteroatoms. The molecule has 15 heavy (non-hydrogen) atoms. The molecular weight excluding hydrogens is 192 g/mol. The summed E-state index contributed by atoms with van der Waals surface area (Å²) in [6.07, 6.45) is 10.7. The Morgan fingerprint density at radius 3 is 1.67 bits per heavy atom. The van der Waals surface area contributed by atoms with Crippen molar-refractivity contribution in [2.75, 3.05) is 0 Å². The molecule has 0 saturated carbocycles. The molecule has 2 N–H and O–H groups in total. The summed E-state index contributed by atoms with van der Waals surface area (Å²) in [5.41, 5.74) is 0. The molecule has 4 nitrogen and oxygen atoms in total. The highest BCUT2D eigenvalue weighted by Crippen LogP contribution is 1.95. The van der Waals surface area contributed by atoms with E-state index in [2.05, 4.69) is 24.2 Å². The molecule has 0 atom stereocenters. The van der Waals surface area contributed by atoms with Gasteiger partial charge in [-0.25, -0.2) is 0 Å². The summed E-state index contributed by atoms with van der Waals surface area (Å²) in [6.45, 7) is 4.25. The summed E-state index contributed by atoms with van der Waals surface area (Å²) in [5.74, 6) is 0. The van der Waals surface area contributed by atoms with Crippen LogP contribution in [0.5, 0.6) is 0 Å². The van der Waals surface area contributed by atoms with E-state index in [4.69, 9.17) is 10.4 Å². The molecular formula is C11H24N2O2. The molecule has 90 valence electrons. The van der Waals surface area contributed by atoms with Gasteiger partial charge < -0.3 is 10.4 Å². The van der Waals surface area contributed by atoms with Gasteiger partial charge in [-0.05, 0) is 25.7 Å². The molecule has 0 aromatic rings. The molecule has 0 aliphatic carbocycles. The first kappa shape index (κ1) is 16.4. The summed E-state index contributed by atoms with van der Waals surface area (Å²) < 4.78 is 0. The van der Waals surface area contributed by atoms with Crippen LogP contribution in [0.4, 0.5) is 0 Å². The van der Waals surface area contributed by atoms with Crippen molar-refractivity contribution in [2.45, 2.75) is 58.8 Å². The predicted molar refractivity (Wildman–Crippen MR) is 64.2 cm³/mol. The van der Waals surface area contributed by atoms with Gasteiger partial charge in [0.15, 0.2) is 0 Å². The van der Waals surface area contributed by atoms with Gasteiger partial charge in [-0.1, -0.05) is 33.1 Å². The van der Waals surface area contributed by atoms with E-state index < -0.39 is 0 Å². The number of nitrogens with zero attached hydrogens (tertiary/aromatic N) is 2. The highest BCUT2D eigenvalue weighted by Gasteiger charge is 1.80. The third-order valence-electron chi connectivity index (χ3n) is 1.79. The molecule has 0 radical (unpaired) electrons. The lowest BCUT2D eigenvalue weighted by atomic mass is 10.2. The summed E-state index contributed by atoms with van der Waals surface area (Å²) >= 11 is 0. The number of hydrogen-bond donors (Lipinski definition) is 2. The molecule has 0 saturated heterocycles. The Morgan fingerprint density at radius 1 is 0.800 bits per heavy atom. The van der Waals surface area contributed by atoms with E-state index in [1.54, 1.807) is 0 Å². The summed E-state index contributed by atoms with van der Waals surface area (Å²) in [6, 6.07) is 0. The quantitative estimate of drug-likeness (QED) is 0.295. The second-order valence-electron chi connectivity index (χ2n) is 3.23. The molecule has 0 bridgehead atoms. The molecule has 0 aliphatic rings. The normalized spacial score (nSPS) is 10.5. The molecule has 0 aromatic carbocycles. The minimum absolute atomic E-state index is 0.896. The second-order valence-corrected chi connectivity index (χ2v) is 3.23. The summed E-state index contributed by atoms with van der Waals surface area (Å²) in [5, 5.41) is 21.5. The smallest absolute Gasteiger partial charge is 0.0435 e. The number of hydrogen-bond acceptors (Lipinski definition) is 4. The molecule has 0 spiro atoms. The Hall–Kier alpha value is -1.06. The van der Waals surface area contributed by atoms with Gasteiger partial charge >= 0.3 is 0 Å². The van der Waals surface area contributed by atoms with Gasteiger partial charge in [0.25, 0.3) is 0 Å². The molecule has 0 unspecified atom stereocenters. The minimum atomic E-state index is 0.896. The average Bonchev–Trinajstić information content (AvgIpc) is 2.26. The maximum atomic E-state index is 7.94. The van der Waals surface area contributed by atoms with Crippen LogP contribution in [-0.2, 0) is 0 Å². The van der Waals surface area contributed by atoms with Crippen molar-refractivity contribution in [3.05, 3.63) is 0 Å². The Morgan fingerprint density at radius 2 is 1.27 bits per heavy atom. The lowest BCUT2D eigenvalue weighted by Crippen LogP contribution is -1.75. The fourth-order valence-corrected chi connectivity index (χ4v) is 0.897. The number of unbranched alkanes of at least 4 members (excludes halogenated alkanes) is 5. The van der Waals surface area contributed by atoms with Crippen LogP contribution >= 0.6 is 0 Å². The van der Waals surface area contributed by atoms with Gasteiger partial charge in [-0.3, -0.25) is 0 Å². The van der Waals surface area contributed by atoms with Gasteiger partial charge in [0.1, 0.15) is 0 Å². The van der Waals surface area contributed by atoms with Crippen molar-refractivity contribution in [1.82, 2.24) is 0 Å². The SMILES string of the molecule is CCCC/C=N\O.CCCCC/C=N\O. The van der Waals surface area contributed by atoms with E-state index in [0.717, 1.165) is 32.1 Å². The Bertz CT molecular complexity index is 148. The summed E-state index contributed by atoms with van der Waals surface area (Å²) in [7, 11) is 0. The molecule has 0 rings (SSSR count). The number of rotatable bonds is 7. The van der Waals surface area contributed by atoms with Gasteiger partial charge in [-0.2, -0.15) is 0 Å². The fraction of sp³-hybridized carbons (Fsp3) is 0.818. The van der Waals surface area contributed by atoms with Crippen molar-refractivity contribution in [2.24, 2.45) is 10.3 Å². The van der Waals surface area contributed by atoms with Crippen molar-refractivity contribution in [3.8, 4) is 0 Å². The molecule has 0 aliphatic heterocycles.